The van der Waals surface area contributed by atoms with Crippen molar-refractivity contribution in [3.05, 3.63) is 53.0 Å². The van der Waals surface area contributed by atoms with Crippen molar-refractivity contribution in [2.45, 2.75) is 33.7 Å². The largest absolute Gasteiger partial charge is 0.465 e. The van der Waals surface area contributed by atoms with E-state index in [-0.39, 0.29) is 46.1 Å². The Morgan fingerprint density at radius 2 is 1.86 bits per heavy atom. The van der Waals surface area contributed by atoms with Gasteiger partial charge in [-0.3, -0.25) is 14.8 Å². The maximum Gasteiger partial charge on any atom is 0.416 e. The molecule has 2 N–H and O–H groups in total. The van der Waals surface area contributed by atoms with Crippen LogP contribution in [-0.4, -0.2) is 46.3 Å². The molecule has 0 amide bonds. The molecule has 2 heterocycles. The van der Waals surface area contributed by atoms with Crippen molar-refractivity contribution in [2.75, 3.05) is 19.5 Å². The number of carbonyl (C=O) groups excluding carboxylic acids is 2. The number of ether oxygens (including phenoxy) is 2. The monoisotopic (exact) mass is 491 g/mol. The second-order valence-electron chi connectivity index (χ2n) is 8.63. The van der Waals surface area contributed by atoms with Gasteiger partial charge in [-0.25, -0.2) is 14.8 Å². The molecule has 186 valence electrons. The minimum atomic E-state index is -4.60. The Bertz CT molecular complexity index is 1310. The first-order valence-electron chi connectivity index (χ1n) is 10.4. The second kappa shape index (κ2) is 9.35. The van der Waals surface area contributed by atoms with Gasteiger partial charge in [-0.1, -0.05) is 0 Å². The van der Waals surface area contributed by atoms with Crippen LogP contribution in [-0.2, 0) is 27.2 Å². The second-order valence-corrected chi connectivity index (χ2v) is 8.63. The predicted octanol–water partition coefficient (Wildman–Crippen LogP) is 4.24. The minimum absolute atomic E-state index is 0.00524. The van der Waals surface area contributed by atoms with Crippen LogP contribution in [0.3, 0.4) is 0 Å². The maximum atomic E-state index is 13.3. The van der Waals surface area contributed by atoms with Gasteiger partial charge in [-0.15, -0.1) is 0 Å². The summed E-state index contributed by atoms with van der Waals surface area (Å²) in [5.41, 5.74) is -1.63. The number of aromatic nitrogens is 3. The first-order chi connectivity index (χ1) is 16.3. The zero-order valence-electron chi connectivity index (χ0n) is 19.7. The molecule has 0 unspecified atom stereocenters. The molecule has 0 aliphatic carbocycles. The van der Waals surface area contributed by atoms with E-state index < -0.39 is 29.1 Å². The molecule has 35 heavy (non-hydrogen) atoms. The number of carbonyl (C=O) groups is 2. The Labute approximate surface area is 198 Å². The molecule has 0 spiro atoms. The zero-order valence-corrected chi connectivity index (χ0v) is 19.7. The molecule has 0 saturated heterocycles. The smallest absolute Gasteiger partial charge is 0.416 e. The Hall–Kier alpha value is -3.96. The van der Waals surface area contributed by atoms with Gasteiger partial charge in [-0.05, 0) is 39.0 Å². The molecule has 0 aliphatic heterocycles. The molecule has 0 aliphatic rings. The van der Waals surface area contributed by atoms with Crippen LogP contribution in [0.15, 0.2) is 30.6 Å². The summed E-state index contributed by atoms with van der Waals surface area (Å²) in [5, 5.41) is 11.3. The van der Waals surface area contributed by atoms with E-state index in [0.29, 0.717) is 0 Å². The van der Waals surface area contributed by atoms with Crippen molar-refractivity contribution in [2.24, 2.45) is 5.41 Å². The fourth-order valence-corrected chi connectivity index (χ4v) is 3.16. The molecule has 0 saturated carbocycles. The Morgan fingerprint density at radius 3 is 2.43 bits per heavy atom. The van der Waals surface area contributed by atoms with Crippen LogP contribution in [0.5, 0.6) is 0 Å². The number of anilines is 1. The fraction of sp³-hybridized carbons (Fsp3) is 0.348. The molecule has 3 rings (SSSR count). The number of fused-ring (bicyclic) bond motifs is 1. The summed E-state index contributed by atoms with van der Waals surface area (Å²) in [5.74, 6) is -1.22. The van der Waals surface area contributed by atoms with Gasteiger partial charge in [-0.2, -0.15) is 13.2 Å². The van der Waals surface area contributed by atoms with Gasteiger partial charge < -0.3 is 14.8 Å². The summed E-state index contributed by atoms with van der Waals surface area (Å²) in [6, 6.07) is 2.98. The van der Waals surface area contributed by atoms with Crippen molar-refractivity contribution in [1.82, 2.24) is 14.5 Å². The molecular weight excluding hydrogens is 467 g/mol. The predicted molar refractivity (Wildman–Crippen MR) is 121 cm³/mol. The van der Waals surface area contributed by atoms with Crippen LogP contribution in [0.25, 0.3) is 11.2 Å². The van der Waals surface area contributed by atoms with E-state index in [9.17, 15) is 22.8 Å². The van der Waals surface area contributed by atoms with Crippen LogP contribution >= 0.6 is 0 Å². The summed E-state index contributed by atoms with van der Waals surface area (Å²) in [6.45, 7) is 4.81. The standard InChI is InChI=1S/C23H24F3N5O4/c1-22(2,3)21(33)35-11-31-10-14(20(32)34-5)18-19(31)29-9-16(30-18)17(27)13-8-12(23(24,25)26)6-7-15(13)28-4/h6-10,27-28H,11H2,1-5H3. The molecule has 0 fully saturated rings. The molecule has 9 nitrogen and oxygen atoms in total. The van der Waals surface area contributed by atoms with Crippen LogP contribution in [0, 0.1) is 10.8 Å². The third kappa shape index (κ3) is 5.26. The summed E-state index contributed by atoms with van der Waals surface area (Å²) in [7, 11) is 2.69. The lowest BCUT2D eigenvalue weighted by Gasteiger charge is -2.17. The normalized spacial score (nSPS) is 11.9. The van der Waals surface area contributed by atoms with Gasteiger partial charge >= 0.3 is 18.1 Å². The lowest BCUT2D eigenvalue weighted by molar-refractivity contribution is -0.156. The lowest BCUT2D eigenvalue weighted by atomic mass is 9.98. The summed E-state index contributed by atoms with van der Waals surface area (Å²) in [6.07, 6.45) is -2.05. The van der Waals surface area contributed by atoms with Gasteiger partial charge in [0.25, 0.3) is 0 Å². The molecule has 12 heteroatoms. The van der Waals surface area contributed by atoms with E-state index in [1.807, 2.05) is 0 Å². The number of halogens is 3. The Morgan fingerprint density at radius 1 is 1.17 bits per heavy atom. The highest BCUT2D eigenvalue weighted by Crippen LogP contribution is 2.32. The molecular formula is C23H24F3N5O4. The van der Waals surface area contributed by atoms with Gasteiger partial charge in [0.15, 0.2) is 12.4 Å². The molecule has 2 aromatic heterocycles. The van der Waals surface area contributed by atoms with Crippen molar-refractivity contribution < 1.29 is 32.2 Å². The van der Waals surface area contributed by atoms with E-state index >= 15 is 0 Å². The maximum absolute atomic E-state index is 13.3. The van der Waals surface area contributed by atoms with Gasteiger partial charge in [0, 0.05) is 24.5 Å². The first kappa shape index (κ1) is 25.7. The molecule has 0 radical (unpaired) electrons. The molecule has 0 atom stereocenters. The molecule has 0 bridgehead atoms. The third-order valence-electron chi connectivity index (χ3n) is 5.06. The summed E-state index contributed by atoms with van der Waals surface area (Å²) < 4.78 is 51.2. The van der Waals surface area contributed by atoms with Crippen molar-refractivity contribution >= 4 is 34.5 Å². The first-order valence-corrected chi connectivity index (χ1v) is 10.4. The fourth-order valence-electron chi connectivity index (χ4n) is 3.16. The number of rotatable bonds is 6. The van der Waals surface area contributed by atoms with E-state index in [1.165, 1.54) is 37.2 Å². The van der Waals surface area contributed by atoms with Gasteiger partial charge in [0.1, 0.15) is 16.8 Å². The molecule has 3 aromatic rings. The quantitative estimate of drug-likeness (QED) is 0.391. The highest BCUT2D eigenvalue weighted by atomic mass is 19.4. The topological polar surface area (TPSA) is 119 Å². The SMILES string of the molecule is CNc1ccc(C(F)(F)F)cc1C(=N)c1cnc2c(n1)c(C(=O)OC)cn2COC(=O)C(C)(C)C. The number of esters is 2. The summed E-state index contributed by atoms with van der Waals surface area (Å²) in [4.78, 5) is 33.1. The van der Waals surface area contributed by atoms with Crippen molar-refractivity contribution in [3.8, 4) is 0 Å². The van der Waals surface area contributed by atoms with Gasteiger partial charge in [0.05, 0.1) is 30.0 Å². The van der Waals surface area contributed by atoms with Crippen molar-refractivity contribution in [3.63, 3.8) is 0 Å². The zero-order chi connectivity index (χ0) is 26.1. The minimum Gasteiger partial charge on any atom is -0.465 e. The molecule has 1 aromatic carbocycles. The Balaban J connectivity index is 2.08. The highest BCUT2D eigenvalue weighted by Gasteiger charge is 2.32. The average Bonchev–Trinajstić information content (AvgIpc) is 3.17. The van der Waals surface area contributed by atoms with E-state index in [2.05, 4.69) is 15.3 Å². The number of hydrogen-bond acceptors (Lipinski definition) is 8. The number of benzene rings is 1. The summed E-state index contributed by atoms with van der Waals surface area (Å²) >= 11 is 0. The van der Waals surface area contributed by atoms with Gasteiger partial charge in [0.2, 0.25) is 0 Å². The lowest BCUT2D eigenvalue weighted by Crippen LogP contribution is -2.24. The Kier molecular flexibility index (Phi) is 6.86. The van der Waals surface area contributed by atoms with Crippen LogP contribution in [0.4, 0.5) is 18.9 Å². The number of alkyl halides is 3. The van der Waals surface area contributed by atoms with Crippen LogP contribution < -0.4 is 5.32 Å². The van der Waals surface area contributed by atoms with E-state index in [4.69, 9.17) is 14.9 Å². The number of nitrogens with one attached hydrogen (secondary N) is 2. The van der Waals surface area contributed by atoms with Crippen LogP contribution in [0.2, 0.25) is 0 Å². The van der Waals surface area contributed by atoms with Crippen LogP contribution in [0.1, 0.15) is 48.0 Å². The number of methoxy groups -OCH3 is 1. The van der Waals surface area contributed by atoms with E-state index in [1.54, 1.807) is 20.8 Å². The highest BCUT2D eigenvalue weighted by molar-refractivity contribution is 6.14. The third-order valence-corrected chi connectivity index (χ3v) is 5.06. The number of nitrogens with zero attached hydrogens (tertiary/aromatic N) is 3. The van der Waals surface area contributed by atoms with Crippen molar-refractivity contribution in [1.29, 1.82) is 5.41 Å². The average molecular weight is 491 g/mol. The van der Waals surface area contributed by atoms with E-state index in [0.717, 1.165) is 12.1 Å². The number of hydrogen-bond donors (Lipinski definition) is 2.